The van der Waals surface area contributed by atoms with E-state index in [1.807, 2.05) is 0 Å². The number of hydrogen-bond acceptors (Lipinski definition) is 3. The normalized spacial score (nSPS) is 23.0. The average molecular weight is 214 g/mol. The highest BCUT2D eigenvalue weighted by atomic mass is 16.5. The van der Waals surface area contributed by atoms with Gasteiger partial charge in [0.2, 0.25) is 0 Å². The molecule has 0 aromatic carbocycles. The minimum Gasteiger partial charge on any atom is -0.374 e. The molecule has 1 aliphatic rings. The van der Waals surface area contributed by atoms with E-state index < -0.39 is 0 Å². The fourth-order valence-electron chi connectivity index (χ4n) is 1.74. The van der Waals surface area contributed by atoms with Crippen molar-refractivity contribution in [1.82, 2.24) is 9.80 Å². The maximum Gasteiger partial charge on any atom is 0.0626 e. The first kappa shape index (κ1) is 12.9. The fraction of sp³-hybridized carbons (Fsp3) is 1.00. The van der Waals surface area contributed by atoms with Crippen LogP contribution in [0.1, 0.15) is 27.7 Å². The molecule has 0 saturated carbocycles. The van der Waals surface area contributed by atoms with Gasteiger partial charge in [-0.15, -0.1) is 0 Å². The Morgan fingerprint density at radius 3 is 2.13 bits per heavy atom. The van der Waals surface area contributed by atoms with Crippen LogP contribution in [0.4, 0.5) is 0 Å². The maximum absolute atomic E-state index is 5.82. The number of nitrogens with zero attached hydrogens (tertiary/aromatic N) is 2. The van der Waals surface area contributed by atoms with Crippen LogP contribution in [-0.4, -0.2) is 61.3 Å². The maximum atomic E-state index is 5.82. The van der Waals surface area contributed by atoms with Gasteiger partial charge in [0.1, 0.15) is 0 Å². The number of likely N-dealkylation sites (N-methyl/N-ethyl adjacent to an activating group) is 1. The molecule has 0 unspecified atom stereocenters. The molecule has 0 aliphatic carbocycles. The summed E-state index contributed by atoms with van der Waals surface area (Å²) in [7, 11) is 2.19. The molecule has 0 radical (unpaired) electrons. The van der Waals surface area contributed by atoms with Crippen molar-refractivity contribution in [1.29, 1.82) is 0 Å². The summed E-state index contributed by atoms with van der Waals surface area (Å²) in [4.78, 5) is 4.90. The quantitative estimate of drug-likeness (QED) is 0.707. The molecule has 15 heavy (non-hydrogen) atoms. The SMILES string of the molecule is C[C@H](COC(C)(C)C)N1CCN(C)CC1. The topological polar surface area (TPSA) is 15.7 Å². The lowest BCUT2D eigenvalue weighted by Gasteiger charge is -2.37. The number of piperazine rings is 1. The standard InChI is InChI=1S/C12H26N2O/c1-11(10-15-12(2,3)4)14-8-6-13(5)7-9-14/h11H,6-10H2,1-5H3/t11-/m1/s1. The lowest BCUT2D eigenvalue weighted by molar-refractivity contribution is -0.0373. The third kappa shape index (κ3) is 4.96. The van der Waals surface area contributed by atoms with Gasteiger partial charge in [0.25, 0.3) is 0 Å². The van der Waals surface area contributed by atoms with Gasteiger partial charge < -0.3 is 9.64 Å². The predicted molar refractivity (Wildman–Crippen MR) is 64.2 cm³/mol. The second-order valence-electron chi connectivity index (χ2n) is 5.61. The van der Waals surface area contributed by atoms with E-state index in [0.717, 1.165) is 6.61 Å². The summed E-state index contributed by atoms with van der Waals surface area (Å²) in [6.45, 7) is 14.2. The van der Waals surface area contributed by atoms with Crippen molar-refractivity contribution in [2.75, 3.05) is 39.8 Å². The summed E-state index contributed by atoms with van der Waals surface area (Å²) in [5, 5.41) is 0. The van der Waals surface area contributed by atoms with E-state index in [1.54, 1.807) is 0 Å². The molecule has 3 heteroatoms. The fourth-order valence-corrected chi connectivity index (χ4v) is 1.74. The van der Waals surface area contributed by atoms with Gasteiger partial charge in [-0.05, 0) is 34.7 Å². The van der Waals surface area contributed by atoms with Crippen molar-refractivity contribution in [3.05, 3.63) is 0 Å². The first-order valence-corrected chi connectivity index (χ1v) is 5.95. The molecule has 0 aromatic heterocycles. The summed E-state index contributed by atoms with van der Waals surface area (Å²) < 4.78 is 5.82. The zero-order chi connectivity index (χ0) is 11.5. The van der Waals surface area contributed by atoms with Gasteiger partial charge in [0.05, 0.1) is 12.2 Å². The van der Waals surface area contributed by atoms with E-state index in [9.17, 15) is 0 Å². The Bertz CT molecular complexity index is 181. The van der Waals surface area contributed by atoms with Crippen molar-refractivity contribution in [3.8, 4) is 0 Å². The molecule has 1 atom stereocenters. The number of hydrogen-bond donors (Lipinski definition) is 0. The second kappa shape index (κ2) is 5.28. The van der Waals surface area contributed by atoms with Crippen LogP contribution in [0.5, 0.6) is 0 Å². The van der Waals surface area contributed by atoms with Crippen LogP contribution in [0.25, 0.3) is 0 Å². The molecule has 1 aliphatic heterocycles. The van der Waals surface area contributed by atoms with Crippen LogP contribution >= 0.6 is 0 Å². The van der Waals surface area contributed by atoms with Crippen LogP contribution in [0.3, 0.4) is 0 Å². The number of rotatable bonds is 3. The van der Waals surface area contributed by atoms with Crippen LogP contribution in [-0.2, 0) is 4.74 Å². The first-order chi connectivity index (χ1) is 6.88. The Morgan fingerprint density at radius 2 is 1.67 bits per heavy atom. The molecule has 0 bridgehead atoms. The van der Waals surface area contributed by atoms with Gasteiger partial charge in [0.15, 0.2) is 0 Å². The molecule has 0 N–H and O–H groups in total. The Balaban J connectivity index is 2.25. The molecule has 0 spiro atoms. The second-order valence-corrected chi connectivity index (χ2v) is 5.61. The largest absolute Gasteiger partial charge is 0.374 e. The molecule has 1 heterocycles. The van der Waals surface area contributed by atoms with Crippen LogP contribution in [0.2, 0.25) is 0 Å². The Kier molecular flexibility index (Phi) is 4.56. The molecular formula is C12H26N2O. The van der Waals surface area contributed by atoms with Crippen LogP contribution < -0.4 is 0 Å². The van der Waals surface area contributed by atoms with Gasteiger partial charge in [-0.1, -0.05) is 0 Å². The minimum absolute atomic E-state index is 0.0131. The van der Waals surface area contributed by atoms with E-state index in [1.165, 1.54) is 26.2 Å². The van der Waals surface area contributed by atoms with Crippen molar-refractivity contribution >= 4 is 0 Å². The summed E-state index contributed by atoms with van der Waals surface area (Å²) in [5.74, 6) is 0. The third-order valence-electron chi connectivity index (χ3n) is 2.92. The molecule has 0 aromatic rings. The van der Waals surface area contributed by atoms with Gasteiger partial charge in [-0.25, -0.2) is 0 Å². The highest BCUT2D eigenvalue weighted by Crippen LogP contribution is 2.11. The Morgan fingerprint density at radius 1 is 1.13 bits per heavy atom. The van der Waals surface area contributed by atoms with E-state index in [4.69, 9.17) is 4.74 Å². The zero-order valence-electron chi connectivity index (χ0n) is 10.9. The highest BCUT2D eigenvalue weighted by molar-refractivity contribution is 4.75. The van der Waals surface area contributed by atoms with Gasteiger partial charge >= 0.3 is 0 Å². The monoisotopic (exact) mass is 214 g/mol. The van der Waals surface area contributed by atoms with Crippen molar-refractivity contribution in [2.45, 2.75) is 39.3 Å². The molecule has 1 rings (SSSR count). The van der Waals surface area contributed by atoms with Gasteiger partial charge in [0, 0.05) is 32.2 Å². The molecule has 1 saturated heterocycles. The molecule has 90 valence electrons. The third-order valence-corrected chi connectivity index (χ3v) is 2.92. The summed E-state index contributed by atoms with van der Waals surface area (Å²) in [6.07, 6.45) is 0. The van der Waals surface area contributed by atoms with E-state index in [2.05, 4.69) is 44.5 Å². The first-order valence-electron chi connectivity index (χ1n) is 5.95. The molecular weight excluding hydrogens is 188 g/mol. The molecule has 1 fully saturated rings. The molecule has 0 amide bonds. The Hall–Kier alpha value is -0.120. The van der Waals surface area contributed by atoms with Gasteiger partial charge in [-0.2, -0.15) is 0 Å². The lowest BCUT2D eigenvalue weighted by atomic mass is 10.2. The van der Waals surface area contributed by atoms with Crippen LogP contribution in [0.15, 0.2) is 0 Å². The van der Waals surface area contributed by atoms with Crippen LogP contribution in [0, 0.1) is 0 Å². The van der Waals surface area contributed by atoms with Crippen molar-refractivity contribution < 1.29 is 4.74 Å². The predicted octanol–water partition coefficient (Wildman–Crippen LogP) is 1.44. The zero-order valence-corrected chi connectivity index (χ0v) is 10.9. The summed E-state index contributed by atoms with van der Waals surface area (Å²) >= 11 is 0. The minimum atomic E-state index is -0.0131. The summed E-state index contributed by atoms with van der Waals surface area (Å²) in [5.41, 5.74) is -0.0131. The van der Waals surface area contributed by atoms with Crippen molar-refractivity contribution in [2.24, 2.45) is 0 Å². The van der Waals surface area contributed by atoms with Crippen molar-refractivity contribution in [3.63, 3.8) is 0 Å². The molecule has 3 nitrogen and oxygen atoms in total. The Labute approximate surface area is 94.4 Å². The summed E-state index contributed by atoms with van der Waals surface area (Å²) in [6, 6.07) is 0.540. The van der Waals surface area contributed by atoms with E-state index in [0.29, 0.717) is 6.04 Å². The highest BCUT2D eigenvalue weighted by Gasteiger charge is 2.20. The van der Waals surface area contributed by atoms with E-state index in [-0.39, 0.29) is 5.60 Å². The van der Waals surface area contributed by atoms with Gasteiger partial charge in [-0.3, -0.25) is 4.90 Å². The smallest absolute Gasteiger partial charge is 0.0626 e. The van der Waals surface area contributed by atoms with E-state index >= 15 is 0 Å². The average Bonchev–Trinajstić information content (AvgIpc) is 2.14. The number of ether oxygens (including phenoxy) is 1. The lowest BCUT2D eigenvalue weighted by Crippen LogP contribution is -2.49.